The number of amides is 1. The molecule has 1 aromatic carbocycles. The first-order chi connectivity index (χ1) is 11.6. The summed E-state index contributed by atoms with van der Waals surface area (Å²) in [6, 6.07) is 5.54. The fourth-order valence-electron chi connectivity index (χ4n) is 4.08. The summed E-state index contributed by atoms with van der Waals surface area (Å²) in [6.07, 6.45) is 6.52. The van der Waals surface area contributed by atoms with E-state index < -0.39 is 6.04 Å². The topological polar surface area (TPSA) is 72.2 Å². The van der Waals surface area contributed by atoms with E-state index in [1.165, 1.54) is 11.1 Å². The predicted octanol–water partition coefficient (Wildman–Crippen LogP) is 2.82. The van der Waals surface area contributed by atoms with Crippen LogP contribution in [-0.4, -0.2) is 24.8 Å². The Labute approximate surface area is 148 Å². The van der Waals surface area contributed by atoms with Gasteiger partial charge in [0.15, 0.2) is 0 Å². The highest BCUT2D eigenvalue weighted by molar-refractivity contribution is 6.30. The van der Waals surface area contributed by atoms with Crippen molar-refractivity contribution in [3.8, 4) is 0 Å². The number of rotatable bonds is 5. The maximum Gasteiger partial charge on any atom is 0.237 e. The van der Waals surface area contributed by atoms with Crippen LogP contribution >= 0.6 is 11.6 Å². The van der Waals surface area contributed by atoms with Crippen molar-refractivity contribution in [2.45, 2.75) is 50.5 Å². The van der Waals surface area contributed by atoms with Gasteiger partial charge in [-0.15, -0.1) is 0 Å². The number of nitrogens with one attached hydrogen (secondary N) is 1. The average molecular weight is 349 g/mol. The van der Waals surface area contributed by atoms with Crippen LogP contribution in [0.25, 0.3) is 0 Å². The highest BCUT2D eigenvalue weighted by Gasteiger charge is 2.30. The Morgan fingerprint density at radius 1 is 1.29 bits per heavy atom. The van der Waals surface area contributed by atoms with Crippen molar-refractivity contribution < 1.29 is 9.59 Å². The minimum absolute atomic E-state index is 0.0630. The van der Waals surface area contributed by atoms with Crippen LogP contribution in [0.15, 0.2) is 18.2 Å². The molecule has 3 rings (SSSR count). The standard InChI is InChI=1S/C19H25ClN2O2/c20-16-7-8-17-14(9-16)5-6-15(17)10-22-19(24)18(21)13-3-1-12(11-23)2-4-13/h7-9,11-13,15,18H,1-6,10,21H2,(H,22,24). The minimum Gasteiger partial charge on any atom is -0.354 e. The smallest absolute Gasteiger partial charge is 0.237 e. The maximum absolute atomic E-state index is 12.4. The Morgan fingerprint density at radius 3 is 2.75 bits per heavy atom. The van der Waals surface area contributed by atoms with Crippen molar-refractivity contribution in [2.24, 2.45) is 17.6 Å². The Balaban J connectivity index is 1.50. The monoisotopic (exact) mass is 348 g/mol. The van der Waals surface area contributed by atoms with E-state index in [4.69, 9.17) is 17.3 Å². The number of benzene rings is 1. The van der Waals surface area contributed by atoms with Gasteiger partial charge < -0.3 is 15.8 Å². The lowest BCUT2D eigenvalue weighted by molar-refractivity contribution is -0.124. The summed E-state index contributed by atoms with van der Waals surface area (Å²) < 4.78 is 0. The normalized spacial score (nSPS) is 27.3. The van der Waals surface area contributed by atoms with Crippen LogP contribution in [-0.2, 0) is 16.0 Å². The Bertz CT molecular complexity index is 611. The Morgan fingerprint density at radius 2 is 2.04 bits per heavy atom. The molecule has 1 aromatic rings. The number of aldehydes is 1. The zero-order valence-corrected chi connectivity index (χ0v) is 14.6. The van der Waals surface area contributed by atoms with Crippen LogP contribution in [0.5, 0.6) is 0 Å². The number of hydrogen-bond acceptors (Lipinski definition) is 3. The number of fused-ring (bicyclic) bond motifs is 1. The molecule has 0 spiro atoms. The Hall–Kier alpha value is -1.39. The van der Waals surface area contributed by atoms with Gasteiger partial charge in [-0.25, -0.2) is 0 Å². The van der Waals surface area contributed by atoms with Gasteiger partial charge in [-0.2, -0.15) is 0 Å². The number of aryl methyl sites for hydroxylation is 1. The zero-order valence-electron chi connectivity index (χ0n) is 13.8. The molecule has 0 heterocycles. The molecule has 1 amide bonds. The molecule has 2 aliphatic carbocycles. The molecular weight excluding hydrogens is 324 g/mol. The van der Waals surface area contributed by atoms with Crippen molar-refractivity contribution in [2.75, 3.05) is 6.54 Å². The molecule has 0 aliphatic heterocycles. The molecule has 2 atom stereocenters. The van der Waals surface area contributed by atoms with E-state index in [2.05, 4.69) is 11.4 Å². The van der Waals surface area contributed by atoms with Crippen LogP contribution in [0, 0.1) is 11.8 Å². The van der Waals surface area contributed by atoms with Gasteiger partial charge in [-0.3, -0.25) is 4.79 Å². The molecule has 1 fully saturated rings. The molecule has 0 aromatic heterocycles. The summed E-state index contributed by atoms with van der Waals surface area (Å²) in [5, 5.41) is 3.81. The Kier molecular flexibility index (Phi) is 5.57. The predicted molar refractivity (Wildman–Crippen MR) is 95.0 cm³/mol. The lowest BCUT2D eigenvalue weighted by atomic mass is 9.79. The minimum atomic E-state index is -0.469. The third-order valence-corrected chi connectivity index (χ3v) is 5.88. The first-order valence-electron chi connectivity index (χ1n) is 8.85. The van der Waals surface area contributed by atoms with E-state index in [0.29, 0.717) is 12.5 Å². The molecule has 0 saturated heterocycles. The average Bonchev–Trinajstić information content (AvgIpc) is 3.01. The van der Waals surface area contributed by atoms with Crippen LogP contribution in [0.4, 0.5) is 0 Å². The first kappa shape index (κ1) is 17.4. The number of carbonyl (C=O) groups is 2. The van der Waals surface area contributed by atoms with E-state index in [9.17, 15) is 9.59 Å². The third kappa shape index (κ3) is 3.81. The van der Waals surface area contributed by atoms with E-state index in [1.807, 2.05) is 12.1 Å². The van der Waals surface area contributed by atoms with Crippen molar-refractivity contribution in [3.05, 3.63) is 34.3 Å². The fourth-order valence-corrected chi connectivity index (χ4v) is 4.28. The second kappa shape index (κ2) is 7.66. The number of hydrogen-bond donors (Lipinski definition) is 2. The number of halogens is 1. The van der Waals surface area contributed by atoms with E-state index in [1.54, 1.807) is 0 Å². The molecule has 4 nitrogen and oxygen atoms in total. The van der Waals surface area contributed by atoms with Crippen LogP contribution < -0.4 is 11.1 Å². The summed E-state index contributed by atoms with van der Waals surface area (Å²) in [6.45, 7) is 0.630. The second-order valence-electron chi connectivity index (χ2n) is 7.16. The van der Waals surface area contributed by atoms with Gasteiger partial charge in [0.25, 0.3) is 0 Å². The first-order valence-corrected chi connectivity index (χ1v) is 9.23. The summed E-state index contributed by atoms with van der Waals surface area (Å²) in [4.78, 5) is 23.2. The number of carbonyl (C=O) groups excluding carboxylic acids is 2. The molecule has 2 unspecified atom stereocenters. The molecule has 5 heteroatoms. The van der Waals surface area contributed by atoms with Crippen molar-refractivity contribution in [1.82, 2.24) is 5.32 Å². The van der Waals surface area contributed by atoms with Crippen LogP contribution in [0.2, 0.25) is 5.02 Å². The molecule has 130 valence electrons. The van der Waals surface area contributed by atoms with Crippen LogP contribution in [0.3, 0.4) is 0 Å². The highest BCUT2D eigenvalue weighted by Crippen LogP contribution is 2.34. The molecule has 24 heavy (non-hydrogen) atoms. The molecule has 2 aliphatic rings. The number of nitrogens with two attached hydrogens (primary N) is 1. The van der Waals surface area contributed by atoms with Gasteiger partial charge in [-0.1, -0.05) is 17.7 Å². The fraction of sp³-hybridized carbons (Fsp3) is 0.579. The van der Waals surface area contributed by atoms with E-state index in [-0.39, 0.29) is 17.7 Å². The molecule has 1 saturated carbocycles. The summed E-state index contributed by atoms with van der Waals surface area (Å²) in [5.74, 6) is 0.625. The van der Waals surface area contributed by atoms with Gasteiger partial charge in [0.05, 0.1) is 6.04 Å². The van der Waals surface area contributed by atoms with Gasteiger partial charge in [-0.05, 0) is 67.7 Å². The summed E-state index contributed by atoms with van der Waals surface area (Å²) in [7, 11) is 0. The quantitative estimate of drug-likeness (QED) is 0.804. The highest BCUT2D eigenvalue weighted by atomic mass is 35.5. The largest absolute Gasteiger partial charge is 0.354 e. The van der Waals surface area contributed by atoms with Crippen molar-refractivity contribution in [1.29, 1.82) is 0 Å². The van der Waals surface area contributed by atoms with E-state index >= 15 is 0 Å². The molecule has 0 radical (unpaired) electrons. The van der Waals surface area contributed by atoms with Crippen molar-refractivity contribution >= 4 is 23.8 Å². The van der Waals surface area contributed by atoms with Crippen LogP contribution in [0.1, 0.15) is 49.1 Å². The molecular formula is C19H25ClN2O2. The summed E-state index contributed by atoms with van der Waals surface area (Å²) >= 11 is 6.04. The lowest BCUT2D eigenvalue weighted by Crippen LogP contribution is -2.47. The summed E-state index contributed by atoms with van der Waals surface area (Å²) in [5.41, 5.74) is 8.74. The van der Waals surface area contributed by atoms with Crippen molar-refractivity contribution in [3.63, 3.8) is 0 Å². The van der Waals surface area contributed by atoms with Gasteiger partial charge >= 0.3 is 0 Å². The van der Waals surface area contributed by atoms with Gasteiger partial charge in [0, 0.05) is 23.4 Å². The van der Waals surface area contributed by atoms with E-state index in [0.717, 1.165) is 49.8 Å². The van der Waals surface area contributed by atoms with Gasteiger partial charge in [0.1, 0.15) is 6.29 Å². The zero-order chi connectivity index (χ0) is 17.1. The van der Waals surface area contributed by atoms with Gasteiger partial charge in [0.2, 0.25) is 5.91 Å². The second-order valence-corrected chi connectivity index (χ2v) is 7.60. The maximum atomic E-state index is 12.4. The SMILES string of the molecule is NC(C(=O)NCC1CCc2cc(Cl)ccc21)C1CCC(C=O)CC1. The third-order valence-electron chi connectivity index (χ3n) is 5.65. The lowest BCUT2D eigenvalue weighted by Gasteiger charge is -2.29. The molecule has 3 N–H and O–H groups in total. The molecule has 0 bridgehead atoms.